The van der Waals surface area contributed by atoms with E-state index >= 15 is 0 Å². The maximum atomic E-state index is 12.6. The first-order chi connectivity index (χ1) is 13.0. The van der Waals surface area contributed by atoms with E-state index in [2.05, 4.69) is 19.9 Å². The summed E-state index contributed by atoms with van der Waals surface area (Å²) in [5, 5.41) is 0. The number of carbonyl (C=O) groups excluding carboxylic acids is 1. The molecule has 1 saturated heterocycles. The lowest BCUT2D eigenvalue weighted by molar-refractivity contribution is -0.195. The molecule has 0 aromatic carbocycles. The second-order valence-corrected chi connectivity index (χ2v) is 10.5. The van der Waals surface area contributed by atoms with Crippen LogP contribution in [0.3, 0.4) is 0 Å². The molecule has 0 aromatic heterocycles. The molecule has 0 radical (unpaired) electrons. The van der Waals surface area contributed by atoms with Crippen LogP contribution in [0.4, 0.5) is 0 Å². The van der Waals surface area contributed by atoms with Crippen LogP contribution < -0.4 is 0 Å². The standard InChI is InChI=1S/C24H36O3/c1-23-12-10-17(27-22-5-3-4-14-26-22)15-16(23)6-7-18-19-8-9-21(25)24(19,2)13-11-20(18)23/h6,17-20,22H,3-5,7-15H2,1-2H3/t17-,18+,19-,20+,22+,23+,24-/m1/s1. The Kier molecular flexibility index (Phi) is 4.55. The predicted molar refractivity (Wildman–Crippen MR) is 105 cm³/mol. The van der Waals surface area contributed by atoms with E-state index in [4.69, 9.17) is 9.47 Å². The Morgan fingerprint density at radius 3 is 2.67 bits per heavy atom. The summed E-state index contributed by atoms with van der Waals surface area (Å²) in [6.07, 6.45) is 15.4. The molecule has 3 nitrogen and oxygen atoms in total. The second kappa shape index (κ2) is 6.69. The number of allylic oxidation sites excluding steroid dienone is 1. The van der Waals surface area contributed by atoms with Crippen LogP contribution in [0.25, 0.3) is 0 Å². The van der Waals surface area contributed by atoms with Crippen LogP contribution in [0.2, 0.25) is 0 Å². The number of ketones is 1. The first-order valence-corrected chi connectivity index (χ1v) is 11.5. The zero-order valence-electron chi connectivity index (χ0n) is 17.2. The lowest BCUT2D eigenvalue weighted by Crippen LogP contribution is -2.50. The van der Waals surface area contributed by atoms with Gasteiger partial charge in [-0.1, -0.05) is 25.5 Å². The van der Waals surface area contributed by atoms with Crippen LogP contribution in [-0.2, 0) is 14.3 Å². The van der Waals surface area contributed by atoms with Crippen LogP contribution in [0, 0.1) is 28.6 Å². The number of ether oxygens (including phenoxy) is 2. The smallest absolute Gasteiger partial charge is 0.157 e. The van der Waals surface area contributed by atoms with Gasteiger partial charge >= 0.3 is 0 Å². The van der Waals surface area contributed by atoms with Crippen LogP contribution in [-0.4, -0.2) is 24.8 Å². The van der Waals surface area contributed by atoms with E-state index in [1.54, 1.807) is 5.57 Å². The third-order valence-electron chi connectivity index (χ3n) is 9.25. The number of hydrogen-bond acceptors (Lipinski definition) is 3. The molecule has 1 heterocycles. The van der Waals surface area contributed by atoms with E-state index < -0.39 is 0 Å². The Labute approximate surface area is 164 Å². The van der Waals surface area contributed by atoms with Crippen molar-refractivity contribution in [3.05, 3.63) is 11.6 Å². The van der Waals surface area contributed by atoms with Gasteiger partial charge in [0.25, 0.3) is 0 Å². The summed E-state index contributed by atoms with van der Waals surface area (Å²) in [5.74, 6) is 2.68. The quantitative estimate of drug-likeness (QED) is 0.606. The maximum Gasteiger partial charge on any atom is 0.157 e. The summed E-state index contributed by atoms with van der Waals surface area (Å²) >= 11 is 0. The van der Waals surface area contributed by atoms with Crippen molar-refractivity contribution in [3.8, 4) is 0 Å². The van der Waals surface area contributed by atoms with Gasteiger partial charge in [0.15, 0.2) is 6.29 Å². The van der Waals surface area contributed by atoms with Crippen molar-refractivity contribution >= 4 is 5.78 Å². The predicted octanol–water partition coefficient (Wildman–Crippen LogP) is 5.43. The molecule has 27 heavy (non-hydrogen) atoms. The number of Topliss-reactive ketones (excluding diaryl/α,β-unsaturated/α-hetero) is 1. The van der Waals surface area contributed by atoms with Crippen molar-refractivity contribution in [1.82, 2.24) is 0 Å². The molecule has 7 atom stereocenters. The fourth-order valence-corrected chi connectivity index (χ4v) is 7.55. The number of hydrogen-bond donors (Lipinski definition) is 0. The molecule has 3 heteroatoms. The van der Waals surface area contributed by atoms with Gasteiger partial charge in [-0.3, -0.25) is 4.79 Å². The molecule has 0 N–H and O–H groups in total. The highest BCUT2D eigenvalue weighted by Crippen LogP contribution is 2.64. The average molecular weight is 373 g/mol. The lowest BCUT2D eigenvalue weighted by Gasteiger charge is -2.57. The third kappa shape index (κ3) is 2.87. The largest absolute Gasteiger partial charge is 0.353 e. The third-order valence-corrected chi connectivity index (χ3v) is 9.25. The summed E-state index contributed by atoms with van der Waals surface area (Å²) in [6, 6.07) is 0. The van der Waals surface area contributed by atoms with Crippen LogP contribution >= 0.6 is 0 Å². The summed E-state index contributed by atoms with van der Waals surface area (Å²) in [4.78, 5) is 12.6. The molecule has 3 saturated carbocycles. The Bertz CT molecular complexity index is 634. The van der Waals surface area contributed by atoms with Crippen molar-refractivity contribution in [3.63, 3.8) is 0 Å². The normalized spacial score (nSPS) is 49.8. The molecular formula is C24H36O3. The summed E-state index contributed by atoms with van der Waals surface area (Å²) in [6.45, 7) is 5.67. The highest BCUT2D eigenvalue weighted by Gasteiger charge is 2.58. The first kappa shape index (κ1) is 18.4. The summed E-state index contributed by atoms with van der Waals surface area (Å²) in [5.41, 5.74) is 1.98. The van der Waals surface area contributed by atoms with Crippen LogP contribution in [0.15, 0.2) is 11.6 Å². The summed E-state index contributed by atoms with van der Waals surface area (Å²) in [7, 11) is 0. The van der Waals surface area contributed by atoms with Crippen molar-refractivity contribution in [1.29, 1.82) is 0 Å². The van der Waals surface area contributed by atoms with E-state index in [0.29, 0.717) is 23.2 Å². The molecule has 150 valence electrons. The summed E-state index contributed by atoms with van der Waals surface area (Å²) < 4.78 is 12.2. The molecule has 0 amide bonds. The van der Waals surface area contributed by atoms with Gasteiger partial charge in [-0.05, 0) is 87.4 Å². The number of rotatable bonds is 2. The van der Waals surface area contributed by atoms with Crippen LogP contribution in [0.1, 0.15) is 84.5 Å². The number of fused-ring (bicyclic) bond motifs is 5. The van der Waals surface area contributed by atoms with E-state index in [1.807, 2.05) is 0 Å². The highest BCUT2D eigenvalue weighted by molar-refractivity contribution is 5.87. The minimum atomic E-state index is -0.0124. The van der Waals surface area contributed by atoms with Crippen molar-refractivity contribution in [2.24, 2.45) is 28.6 Å². The monoisotopic (exact) mass is 372 g/mol. The first-order valence-electron chi connectivity index (χ1n) is 11.5. The molecular weight excluding hydrogens is 336 g/mol. The maximum absolute atomic E-state index is 12.6. The zero-order valence-corrected chi connectivity index (χ0v) is 17.2. The van der Waals surface area contributed by atoms with Crippen molar-refractivity contribution in [2.75, 3.05) is 6.61 Å². The molecule has 0 bridgehead atoms. The lowest BCUT2D eigenvalue weighted by atomic mass is 9.48. The minimum absolute atomic E-state index is 0.0124. The molecule has 5 rings (SSSR count). The zero-order chi connectivity index (χ0) is 18.6. The fourth-order valence-electron chi connectivity index (χ4n) is 7.55. The van der Waals surface area contributed by atoms with E-state index in [9.17, 15) is 4.79 Å². The van der Waals surface area contributed by atoms with Gasteiger partial charge < -0.3 is 9.47 Å². The Morgan fingerprint density at radius 1 is 1.04 bits per heavy atom. The SMILES string of the molecule is C[C@@]12CC[C@H]3[C@@H](CC=C4C[C@H](O[C@H]5CCCCO5)CC[C@@]43C)[C@H]1CCC2=O. The topological polar surface area (TPSA) is 35.5 Å². The second-order valence-electron chi connectivity index (χ2n) is 10.5. The van der Waals surface area contributed by atoms with Crippen molar-refractivity contribution in [2.45, 2.75) is 96.9 Å². The minimum Gasteiger partial charge on any atom is -0.353 e. The van der Waals surface area contributed by atoms with Crippen LogP contribution in [0.5, 0.6) is 0 Å². The Hall–Kier alpha value is -0.670. The fraction of sp³-hybridized carbons (Fsp3) is 0.875. The molecule has 4 aliphatic carbocycles. The van der Waals surface area contributed by atoms with E-state index in [-0.39, 0.29) is 11.7 Å². The molecule has 0 spiro atoms. The average Bonchev–Trinajstić information content (AvgIpc) is 2.98. The van der Waals surface area contributed by atoms with Gasteiger partial charge in [0.2, 0.25) is 0 Å². The molecule has 1 aliphatic heterocycles. The van der Waals surface area contributed by atoms with Crippen molar-refractivity contribution < 1.29 is 14.3 Å². The van der Waals surface area contributed by atoms with E-state index in [1.165, 1.54) is 32.1 Å². The Morgan fingerprint density at radius 2 is 1.85 bits per heavy atom. The Balaban J connectivity index is 1.32. The molecule has 4 fully saturated rings. The van der Waals surface area contributed by atoms with E-state index in [0.717, 1.165) is 57.0 Å². The molecule has 5 aliphatic rings. The van der Waals surface area contributed by atoms with Gasteiger partial charge in [0.1, 0.15) is 5.78 Å². The van der Waals surface area contributed by atoms with Gasteiger partial charge in [0, 0.05) is 18.4 Å². The van der Waals surface area contributed by atoms with Gasteiger partial charge in [-0.25, -0.2) is 0 Å². The molecule has 0 unspecified atom stereocenters. The highest BCUT2D eigenvalue weighted by atomic mass is 16.7. The van der Waals surface area contributed by atoms with Gasteiger partial charge in [-0.15, -0.1) is 0 Å². The van der Waals surface area contributed by atoms with Gasteiger partial charge in [-0.2, -0.15) is 0 Å². The molecule has 0 aromatic rings. The van der Waals surface area contributed by atoms with Gasteiger partial charge in [0.05, 0.1) is 6.10 Å². The number of carbonyl (C=O) groups is 1.